The van der Waals surface area contributed by atoms with Crippen LogP contribution >= 0.6 is 0 Å². The van der Waals surface area contributed by atoms with Crippen LogP contribution in [-0.4, -0.2) is 0 Å². The van der Waals surface area contributed by atoms with Gasteiger partial charge in [-0.1, -0.05) is 44.9 Å². The molecule has 0 aromatic carbocycles. The third-order valence-corrected chi connectivity index (χ3v) is 2.66. The quantitative estimate of drug-likeness (QED) is 0.502. The molecule has 0 aliphatic carbocycles. The molecule has 0 fully saturated rings. The first-order valence-corrected chi connectivity index (χ1v) is 5.91. The highest BCUT2D eigenvalue weighted by Gasteiger charge is 2.09. The molecule has 0 spiro atoms. The lowest BCUT2D eigenvalue weighted by Gasteiger charge is -2.16. The van der Waals surface area contributed by atoms with Crippen molar-refractivity contribution in [3.05, 3.63) is 24.3 Å². The van der Waals surface area contributed by atoms with E-state index < -0.39 is 0 Å². The summed E-state index contributed by atoms with van der Waals surface area (Å²) in [5, 5.41) is 0. The topological polar surface area (TPSA) is 0 Å². The summed E-state index contributed by atoms with van der Waals surface area (Å²) >= 11 is 0. The van der Waals surface area contributed by atoms with Gasteiger partial charge in [0.05, 0.1) is 0 Å². The fraction of sp³-hybridized carbons (Fsp3) is 0.714. The van der Waals surface area contributed by atoms with Crippen LogP contribution in [0.5, 0.6) is 0 Å². The van der Waals surface area contributed by atoms with E-state index in [9.17, 15) is 0 Å². The molecule has 2 atom stereocenters. The first-order valence-electron chi connectivity index (χ1n) is 5.91. The van der Waals surface area contributed by atoms with Crippen molar-refractivity contribution in [1.82, 2.24) is 0 Å². The summed E-state index contributed by atoms with van der Waals surface area (Å²) in [6.45, 7) is 12.9. The van der Waals surface area contributed by atoms with Crippen molar-refractivity contribution < 1.29 is 0 Å². The van der Waals surface area contributed by atoms with Crippen LogP contribution in [0.3, 0.4) is 0 Å². The summed E-state index contributed by atoms with van der Waals surface area (Å²) in [5.74, 6) is 1.54. The van der Waals surface area contributed by atoms with Gasteiger partial charge < -0.3 is 0 Å². The molecule has 0 aliphatic heterocycles. The Kier molecular flexibility index (Phi) is 7.55. The minimum absolute atomic E-state index is 0.711. The minimum atomic E-state index is 0.711. The summed E-state index contributed by atoms with van der Waals surface area (Å²) < 4.78 is 0. The zero-order chi connectivity index (χ0) is 11.0. The molecule has 0 radical (unpaired) electrons. The molecule has 0 nitrogen and oxygen atoms in total. The Balaban J connectivity index is 4.09. The van der Waals surface area contributed by atoms with Gasteiger partial charge >= 0.3 is 0 Å². The predicted molar refractivity (Wildman–Crippen MR) is 66.4 cm³/mol. The molecule has 0 heterocycles. The fourth-order valence-corrected chi connectivity index (χ4v) is 1.69. The third-order valence-electron chi connectivity index (χ3n) is 2.66. The molecule has 0 N–H and O–H groups in total. The molecule has 2 unspecified atom stereocenters. The van der Waals surface area contributed by atoms with Gasteiger partial charge in [0.1, 0.15) is 0 Å². The molecular formula is C14H26. The van der Waals surface area contributed by atoms with E-state index in [0.717, 1.165) is 18.8 Å². The number of allylic oxidation sites excluding steroid dienone is 3. The average Bonchev–Trinajstić information content (AvgIpc) is 2.13. The highest BCUT2D eigenvalue weighted by molar-refractivity contribution is 4.98. The second-order valence-corrected chi connectivity index (χ2v) is 4.51. The van der Waals surface area contributed by atoms with Gasteiger partial charge in [-0.3, -0.25) is 0 Å². The molecule has 0 aromatic heterocycles. The van der Waals surface area contributed by atoms with Gasteiger partial charge in [0.2, 0.25) is 0 Å². The Bertz CT molecular complexity index is 176. The molecule has 0 rings (SSSR count). The lowest BCUT2D eigenvalue weighted by Crippen LogP contribution is -2.04. The summed E-state index contributed by atoms with van der Waals surface area (Å²) in [5.41, 5.74) is 1.30. The number of rotatable bonds is 7. The summed E-state index contributed by atoms with van der Waals surface area (Å²) in [6, 6.07) is 0. The standard InChI is InChI=1S/C14H26/c1-6-8-9-14(10-12(3)4)11-13(5)7-2/h8-9,13-14H,3,6-7,10-11H2,1-2,4-5H3. The van der Waals surface area contributed by atoms with E-state index in [1.165, 1.54) is 18.4 Å². The Morgan fingerprint density at radius 2 is 2.00 bits per heavy atom. The Morgan fingerprint density at radius 1 is 1.36 bits per heavy atom. The largest absolute Gasteiger partial charge is 0.100 e. The minimum Gasteiger partial charge on any atom is -0.100 e. The van der Waals surface area contributed by atoms with Gasteiger partial charge in [-0.2, -0.15) is 0 Å². The maximum atomic E-state index is 4.00. The van der Waals surface area contributed by atoms with Crippen LogP contribution in [0.15, 0.2) is 24.3 Å². The van der Waals surface area contributed by atoms with Gasteiger partial charge in [0.15, 0.2) is 0 Å². The second kappa shape index (κ2) is 7.84. The first kappa shape index (κ1) is 13.5. The van der Waals surface area contributed by atoms with Crippen LogP contribution in [0.4, 0.5) is 0 Å². The van der Waals surface area contributed by atoms with Crippen molar-refractivity contribution in [3.63, 3.8) is 0 Å². The zero-order valence-corrected chi connectivity index (χ0v) is 10.3. The molecule has 0 aromatic rings. The maximum absolute atomic E-state index is 4.00. The van der Waals surface area contributed by atoms with Gasteiger partial charge in [-0.15, -0.1) is 6.58 Å². The van der Waals surface area contributed by atoms with Crippen LogP contribution < -0.4 is 0 Å². The fourth-order valence-electron chi connectivity index (χ4n) is 1.69. The number of hydrogen-bond donors (Lipinski definition) is 0. The van der Waals surface area contributed by atoms with E-state index in [1.54, 1.807) is 0 Å². The third kappa shape index (κ3) is 6.94. The van der Waals surface area contributed by atoms with Crippen LogP contribution in [-0.2, 0) is 0 Å². The summed E-state index contributed by atoms with van der Waals surface area (Å²) in [7, 11) is 0. The summed E-state index contributed by atoms with van der Waals surface area (Å²) in [4.78, 5) is 0. The van der Waals surface area contributed by atoms with E-state index in [4.69, 9.17) is 0 Å². The predicted octanol–water partition coefficient (Wildman–Crippen LogP) is 4.97. The summed E-state index contributed by atoms with van der Waals surface area (Å²) in [6.07, 6.45) is 9.55. The Labute approximate surface area is 90.1 Å². The monoisotopic (exact) mass is 194 g/mol. The van der Waals surface area contributed by atoms with E-state index in [2.05, 4.69) is 46.4 Å². The molecule has 0 saturated heterocycles. The van der Waals surface area contributed by atoms with Gasteiger partial charge in [0.25, 0.3) is 0 Å². The molecule has 0 amide bonds. The molecule has 0 aliphatic rings. The molecular weight excluding hydrogens is 168 g/mol. The Morgan fingerprint density at radius 3 is 2.43 bits per heavy atom. The highest BCUT2D eigenvalue weighted by atomic mass is 14.1. The molecule has 14 heavy (non-hydrogen) atoms. The molecule has 0 bridgehead atoms. The van der Waals surface area contributed by atoms with Crippen molar-refractivity contribution in [1.29, 1.82) is 0 Å². The van der Waals surface area contributed by atoms with E-state index >= 15 is 0 Å². The smallest absolute Gasteiger partial charge is 0.0194 e. The average molecular weight is 194 g/mol. The normalized spacial score (nSPS) is 15.7. The van der Waals surface area contributed by atoms with Crippen molar-refractivity contribution in [3.8, 4) is 0 Å². The highest BCUT2D eigenvalue weighted by Crippen LogP contribution is 2.22. The lowest BCUT2D eigenvalue weighted by molar-refractivity contribution is 0.432. The van der Waals surface area contributed by atoms with Crippen molar-refractivity contribution in [2.75, 3.05) is 0 Å². The van der Waals surface area contributed by atoms with E-state index in [1.807, 2.05) is 0 Å². The van der Waals surface area contributed by atoms with Crippen LogP contribution in [0.25, 0.3) is 0 Å². The molecule has 0 heteroatoms. The van der Waals surface area contributed by atoms with E-state index in [0.29, 0.717) is 5.92 Å². The van der Waals surface area contributed by atoms with Gasteiger partial charge in [-0.25, -0.2) is 0 Å². The van der Waals surface area contributed by atoms with Crippen molar-refractivity contribution >= 4 is 0 Å². The maximum Gasteiger partial charge on any atom is -0.0194 e. The van der Waals surface area contributed by atoms with Crippen LogP contribution in [0.1, 0.15) is 53.4 Å². The van der Waals surface area contributed by atoms with Crippen molar-refractivity contribution in [2.24, 2.45) is 11.8 Å². The van der Waals surface area contributed by atoms with E-state index in [-0.39, 0.29) is 0 Å². The SMILES string of the molecule is C=C(C)CC(C=CCC)CC(C)CC. The van der Waals surface area contributed by atoms with Crippen LogP contribution in [0, 0.1) is 11.8 Å². The molecule has 82 valence electrons. The second-order valence-electron chi connectivity index (χ2n) is 4.51. The van der Waals surface area contributed by atoms with Crippen LogP contribution in [0.2, 0.25) is 0 Å². The number of hydrogen-bond acceptors (Lipinski definition) is 0. The van der Waals surface area contributed by atoms with Gasteiger partial charge in [0, 0.05) is 0 Å². The van der Waals surface area contributed by atoms with Crippen molar-refractivity contribution in [2.45, 2.75) is 53.4 Å². The zero-order valence-electron chi connectivity index (χ0n) is 10.3. The lowest BCUT2D eigenvalue weighted by atomic mass is 9.89. The van der Waals surface area contributed by atoms with Gasteiger partial charge in [-0.05, 0) is 38.0 Å². The molecule has 0 saturated carbocycles. The first-order chi connectivity index (χ1) is 6.60. The Hall–Kier alpha value is -0.520.